The van der Waals surface area contributed by atoms with Crippen molar-refractivity contribution >= 4 is 12.1 Å². The molecule has 0 saturated heterocycles. The van der Waals surface area contributed by atoms with Crippen molar-refractivity contribution in [2.45, 2.75) is 39.3 Å². The van der Waals surface area contributed by atoms with Crippen molar-refractivity contribution in [1.82, 2.24) is 5.32 Å². The van der Waals surface area contributed by atoms with Crippen molar-refractivity contribution in [3.63, 3.8) is 0 Å². The normalized spacial score (nSPS) is 11.2. The van der Waals surface area contributed by atoms with Crippen LogP contribution in [0.5, 0.6) is 5.75 Å². The molecule has 0 aromatic heterocycles. The summed E-state index contributed by atoms with van der Waals surface area (Å²) in [6, 6.07) is 3.76. The number of aromatic carboxylic acids is 1. The molecule has 1 aromatic rings. The van der Waals surface area contributed by atoms with Crippen molar-refractivity contribution in [1.29, 1.82) is 0 Å². The van der Waals surface area contributed by atoms with Gasteiger partial charge in [0.1, 0.15) is 18.0 Å². The summed E-state index contributed by atoms with van der Waals surface area (Å²) in [6.45, 7) is 4.12. The van der Waals surface area contributed by atoms with E-state index >= 15 is 0 Å². The minimum atomic E-state index is -2.67. The maximum absolute atomic E-state index is 12.3. The Morgan fingerprint density at radius 1 is 1.30 bits per heavy atom. The van der Waals surface area contributed by atoms with Crippen LogP contribution in [0.2, 0.25) is 0 Å². The summed E-state index contributed by atoms with van der Waals surface area (Å²) in [5.74, 6) is -1.10. The molecule has 2 N–H and O–H groups in total. The van der Waals surface area contributed by atoms with Gasteiger partial charge in [-0.1, -0.05) is 0 Å². The lowest BCUT2D eigenvalue weighted by molar-refractivity contribution is 0.0521. The number of alkyl carbamates (subject to hydrolysis) is 1. The summed E-state index contributed by atoms with van der Waals surface area (Å²) in [4.78, 5) is 22.6. The van der Waals surface area contributed by atoms with Crippen LogP contribution in [0, 0.1) is 0 Å². The van der Waals surface area contributed by atoms with Crippen molar-refractivity contribution in [3.8, 4) is 5.75 Å². The Morgan fingerprint density at radius 2 is 1.96 bits per heavy atom. The monoisotopic (exact) mass is 331 g/mol. The predicted octanol–water partition coefficient (Wildman–Crippen LogP) is 3.05. The second kappa shape index (κ2) is 7.75. The molecule has 6 nitrogen and oxygen atoms in total. The average Bonchev–Trinajstić information content (AvgIpc) is 2.41. The van der Waals surface area contributed by atoms with Crippen molar-refractivity contribution in [2.75, 3.05) is 6.61 Å². The number of hydrogen-bond acceptors (Lipinski definition) is 4. The zero-order valence-electron chi connectivity index (χ0n) is 13.1. The van der Waals surface area contributed by atoms with E-state index < -0.39 is 30.7 Å². The maximum Gasteiger partial charge on any atom is 0.407 e. The smallest absolute Gasteiger partial charge is 0.407 e. The molecule has 0 spiro atoms. The molecule has 0 aliphatic heterocycles. The van der Waals surface area contributed by atoms with Crippen LogP contribution in [0.4, 0.5) is 13.6 Å². The molecule has 1 aromatic carbocycles. The van der Waals surface area contributed by atoms with Gasteiger partial charge in [-0.25, -0.2) is 18.4 Å². The Labute approximate surface area is 132 Å². The first-order valence-electron chi connectivity index (χ1n) is 6.82. The van der Waals surface area contributed by atoms with Gasteiger partial charge in [0.05, 0.1) is 5.56 Å². The fraction of sp³-hybridized carbons (Fsp3) is 0.467. The van der Waals surface area contributed by atoms with E-state index in [1.807, 2.05) is 0 Å². The lowest BCUT2D eigenvalue weighted by Crippen LogP contribution is -2.32. The Morgan fingerprint density at radius 3 is 2.48 bits per heavy atom. The van der Waals surface area contributed by atoms with E-state index in [1.54, 1.807) is 20.8 Å². The Balaban J connectivity index is 2.85. The van der Waals surface area contributed by atoms with Gasteiger partial charge in [-0.05, 0) is 39.0 Å². The average molecular weight is 331 g/mol. The van der Waals surface area contributed by atoms with Crippen molar-refractivity contribution in [3.05, 3.63) is 29.3 Å². The molecule has 1 amide bonds. The molecule has 0 fully saturated rings. The number of carboxylic acids is 1. The first-order chi connectivity index (χ1) is 10.6. The van der Waals surface area contributed by atoms with Crippen LogP contribution in [0.3, 0.4) is 0 Å². The maximum atomic E-state index is 12.3. The van der Waals surface area contributed by atoms with Crippen LogP contribution < -0.4 is 10.1 Å². The number of benzene rings is 1. The van der Waals surface area contributed by atoms with E-state index in [1.165, 1.54) is 18.2 Å². The number of halogens is 2. The number of amides is 1. The highest BCUT2D eigenvalue weighted by molar-refractivity contribution is 5.88. The number of rotatable bonds is 6. The van der Waals surface area contributed by atoms with Gasteiger partial charge in [0.2, 0.25) is 0 Å². The third kappa shape index (κ3) is 6.94. The summed E-state index contributed by atoms with van der Waals surface area (Å²) in [6.07, 6.45) is -3.38. The van der Waals surface area contributed by atoms with Gasteiger partial charge in [-0.3, -0.25) is 0 Å². The number of carbonyl (C=O) groups is 2. The van der Waals surface area contributed by atoms with E-state index in [2.05, 4.69) is 5.32 Å². The number of ether oxygens (including phenoxy) is 2. The Hall–Kier alpha value is -2.38. The standard InChI is InChI=1S/C15H19F2NO5/c1-15(2,3)23-14(21)18-7-10-6-9(13(19)20)4-5-11(10)22-8-12(16)17/h4-6,12H,7-8H2,1-3H3,(H,18,21)(H,19,20). The molecule has 0 bridgehead atoms. The molecular formula is C15H19F2NO5. The Bertz CT molecular complexity index is 569. The summed E-state index contributed by atoms with van der Waals surface area (Å²) < 4.78 is 34.5. The minimum absolute atomic E-state index is 0.0459. The quantitative estimate of drug-likeness (QED) is 0.837. The van der Waals surface area contributed by atoms with Crippen LogP contribution >= 0.6 is 0 Å². The van der Waals surface area contributed by atoms with E-state index in [0.29, 0.717) is 0 Å². The second-order valence-corrected chi connectivity index (χ2v) is 5.69. The number of hydrogen-bond donors (Lipinski definition) is 2. The molecule has 0 heterocycles. The van der Waals surface area contributed by atoms with Crippen LogP contribution in [-0.4, -0.2) is 35.8 Å². The molecule has 0 aliphatic carbocycles. The third-order valence-electron chi connectivity index (χ3n) is 2.49. The van der Waals surface area contributed by atoms with Gasteiger partial charge < -0.3 is 19.9 Å². The predicted molar refractivity (Wildman–Crippen MR) is 78.0 cm³/mol. The van der Waals surface area contributed by atoms with Crippen LogP contribution in [0.1, 0.15) is 36.7 Å². The van der Waals surface area contributed by atoms with E-state index in [4.69, 9.17) is 14.6 Å². The lowest BCUT2D eigenvalue weighted by atomic mass is 10.1. The van der Waals surface area contributed by atoms with Gasteiger partial charge >= 0.3 is 12.1 Å². The molecular weight excluding hydrogens is 312 g/mol. The zero-order valence-corrected chi connectivity index (χ0v) is 13.1. The molecule has 0 radical (unpaired) electrons. The molecule has 0 saturated carbocycles. The number of carbonyl (C=O) groups excluding carboxylic acids is 1. The lowest BCUT2D eigenvalue weighted by Gasteiger charge is -2.20. The van der Waals surface area contributed by atoms with Crippen molar-refractivity contribution in [2.24, 2.45) is 0 Å². The van der Waals surface area contributed by atoms with Gasteiger partial charge in [0, 0.05) is 12.1 Å². The molecule has 1 rings (SSSR count). The fourth-order valence-corrected chi connectivity index (χ4v) is 1.63. The summed E-state index contributed by atoms with van der Waals surface area (Å²) >= 11 is 0. The van der Waals surface area contributed by atoms with Crippen LogP contribution in [0.15, 0.2) is 18.2 Å². The van der Waals surface area contributed by atoms with Gasteiger partial charge in [0.15, 0.2) is 0 Å². The molecule has 0 unspecified atom stereocenters. The van der Waals surface area contributed by atoms with Crippen LogP contribution in [0.25, 0.3) is 0 Å². The van der Waals surface area contributed by atoms with Gasteiger partial charge in [-0.2, -0.15) is 0 Å². The largest absolute Gasteiger partial charge is 0.487 e. The topological polar surface area (TPSA) is 84.9 Å². The van der Waals surface area contributed by atoms with Crippen LogP contribution in [-0.2, 0) is 11.3 Å². The summed E-state index contributed by atoms with van der Waals surface area (Å²) in [5, 5.41) is 11.4. The highest BCUT2D eigenvalue weighted by atomic mass is 19.3. The Kier molecular flexibility index (Phi) is 6.29. The zero-order chi connectivity index (χ0) is 17.6. The van der Waals surface area contributed by atoms with Gasteiger partial charge in [-0.15, -0.1) is 0 Å². The number of nitrogens with one attached hydrogen (secondary N) is 1. The first-order valence-corrected chi connectivity index (χ1v) is 6.82. The summed E-state index contributed by atoms with van der Waals surface area (Å²) in [7, 11) is 0. The van der Waals surface area contributed by atoms with E-state index in [0.717, 1.165) is 0 Å². The molecule has 0 aliphatic rings. The highest BCUT2D eigenvalue weighted by Crippen LogP contribution is 2.21. The third-order valence-corrected chi connectivity index (χ3v) is 2.49. The second-order valence-electron chi connectivity index (χ2n) is 5.69. The number of alkyl halides is 2. The molecule has 23 heavy (non-hydrogen) atoms. The van der Waals surface area contributed by atoms with E-state index in [-0.39, 0.29) is 23.4 Å². The molecule has 0 atom stereocenters. The SMILES string of the molecule is CC(C)(C)OC(=O)NCc1cc(C(=O)O)ccc1OCC(F)F. The highest BCUT2D eigenvalue weighted by Gasteiger charge is 2.17. The first kappa shape index (κ1) is 18.7. The van der Waals surface area contributed by atoms with Gasteiger partial charge in [0.25, 0.3) is 6.43 Å². The van der Waals surface area contributed by atoms with Crippen molar-refractivity contribution < 1.29 is 33.0 Å². The molecule has 8 heteroatoms. The summed E-state index contributed by atoms with van der Waals surface area (Å²) in [5.41, 5.74) is -0.478. The fourth-order valence-electron chi connectivity index (χ4n) is 1.63. The number of carboxylic acid groups (broad SMARTS) is 1. The van der Waals surface area contributed by atoms with E-state index in [9.17, 15) is 18.4 Å². The minimum Gasteiger partial charge on any atom is -0.487 e. The molecule has 128 valence electrons.